The molecule has 1 fully saturated rings. The number of carbonyl (C=O) groups is 4. The Morgan fingerprint density at radius 1 is 0.851 bits per heavy atom. The van der Waals surface area contributed by atoms with Gasteiger partial charge in [-0.25, -0.2) is 0 Å². The van der Waals surface area contributed by atoms with Crippen LogP contribution in [0.2, 0.25) is 0 Å². The highest BCUT2D eigenvalue weighted by atomic mass is 16.5. The summed E-state index contributed by atoms with van der Waals surface area (Å²) in [6, 6.07) is 19.4. The number of carbonyl (C=O) groups excluding carboxylic acids is 4. The Balaban J connectivity index is 1.20. The largest absolute Gasteiger partial charge is 0.508 e. The molecule has 4 aliphatic rings. The van der Waals surface area contributed by atoms with E-state index < -0.39 is 23.7 Å². The van der Waals surface area contributed by atoms with E-state index in [2.05, 4.69) is 0 Å². The summed E-state index contributed by atoms with van der Waals surface area (Å²) in [5, 5.41) is 9.96. The fourth-order valence-electron chi connectivity index (χ4n) is 7.55. The zero-order chi connectivity index (χ0) is 33.0. The van der Waals surface area contributed by atoms with Crippen molar-refractivity contribution in [1.29, 1.82) is 0 Å². The molecule has 0 bridgehead atoms. The van der Waals surface area contributed by atoms with Crippen LogP contribution >= 0.6 is 0 Å². The third-order valence-corrected chi connectivity index (χ3v) is 9.83. The first kappa shape index (κ1) is 30.2. The molecule has 0 saturated carbocycles. The second-order valence-electron chi connectivity index (χ2n) is 12.4. The molecule has 1 heterocycles. The molecule has 8 heteroatoms. The van der Waals surface area contributed by atoms with Crippen LogP contribution in [0.4, 0.5) is 5.69 Å². The molecule has 1 aliphatic heterocycles. The van der Waals surface area contributed by atoms with E-state index in [1.807, 2.05) is 48.6 Å². The number of phenolic OH excluding ortho intramolecular Hbond substituents is 1. The molecule has 1 N–H and O–H groups in total. The van der Waals surface area contributed by atoms with Gasteiger partial charge in [0.1, 0.15) is 17.2 Å². The van der Waals surface area contributed by atoms with Crippen LogP contribution in [-0.4, -0.2) is 42.7 Å². The zero-order valence-corrected chi connectivity index (χ0v) is 26.2. The van der Waals surface area contributed by atoms with E-state index in [0.717, 1.165) is 22.3 Å². The summed E-state index contributed by atoms with van der Waals surface area (Å²) >= 11 is 0. The Morgan fingerprint density at radius 3 is 2.30 bits per heavy atom. The monoisotopic (exact) mass is 627 g/mol. The topological polar surface area (TPSA) is 110 Å². The maximum absolute atomic E-state index is 14.2. The minimum absolute atomic E-state index is 0.0869. The van der Waals surface area contributed by atoms with Gasteiger partial charge in [-0.15, -0.1) is 0 Å². The molecule has 2 amide bonds. The molecule has 7 rings (SSSR count). The predicted octanol–water partition coefficient (Wildman–Crippen LogP) is 6.21. The summed E-state index contributed by atoms with van der Waals surface area (Å²) in [4.78, 5) is 56.2. The van der Waals surface area contributed by atoms with Gasteiger partial charge < -0.3 is 14.6 Å². The van der Waals surface area contributed by atoms with Crippen LogP contribution in [0.3, 0.4) is 0 Å². The second-order valence-corrected chi connectivity index (χ2v) is 12.4. The average Bonchev–Trinajstić information content (AvgIpc) is 3.35. The average molecular weight is 628 g/mol. The molecule has 0 spiro atoms. The van der Waals surface area contributed by atoms with Gasteiger partial charge in [-0.05, 0) is 85.4 Å². The molecule has 4 unspecified atom stereocenters. The zero-order valence-electron chi connectivity index (χ0n) is 26.2. The van der Waals surface area contributed by atoms with Gasteiger partial charge in [-0.3, -0.25) is 24.1 Å². The highest BCUT2D eigenvalue weighted by Gasteiger charge is 2.56. The maximum atomic E-state index is 14.2. The minimum Gasteiger partial charge on any atom is -0.508 e. The molecule has 3 aromatic carbocycles. The molecular weight excluding hydrogens is 594 g/mol. The SMILES string of the molecule is COc1ccc(OC)c(C=Cc2ccc(N3C(=O)C4CC=C5C(c6ccc(O)cc6)C6=C(CC5C4C3=O)C(=O)C=C(C)C6=O)cc2)c1. The number of fused-ring (bicyclic) bond motifs is 3. The summed E-state index contributed by atoms with van der Waals surface area (Å²) in [5.74, 6) is -1.67. The number of phenols is 1. The first-order valence-corrected chi connectivity index (χ1v) is 15.6. The number of anilines is 1. The highest BCUT2D eigenvalue weighted by molar-refractivity contribution is 6.25. The Bertz CT molecular complexity index is 1960. The van der Waals surface area contributed by atoms with Crippen molar-refractivity contribution in [3.63, 3.8) is 0 Å². The number of rotatable bonds is 6. The first-order chi connectivity index (χ1) is 22.7. The molecule has 3 aliphatic carbocycles. The fourth-order valence-corrected chi connectivity index (χ4v) is 7.55. The number of hydrogen-bond donors (Lipinski definition) is 1. The van der Waals surface area contributed by atoms with Crippen molar-refractivity contribution in [2.45, 2.75) is 25.7 Å². The van der Waals surface area contributed by atoms with Gasteiger partial charge >= 0.3 is 0 Å². The van der Waals surface area contributed by atoms with E-state index in [9.17, 15) is 24.3 Å². The van der Waals surface area contributed by atoms with Crippen LogP contribution in [0.25, 0.3) is 12.2 Å². The smallest absolute Gasteiger partial charge is 0.238 e. The van der Waals surface area contributed by atoms with Crippen molar-refractivity contribution in [2.75, 3.05) is 19.1 Å². The Hall–Kier alpha value is -5.50. The van der Waals surface area contributed by atoms with Gasteiger partial charge in [0.25, 0.3) is 0 Å². The van der Waals surface area contributed by atoms with Crippen molar-refractivity contribution < 1.29 is 33.8 Å². The molecule has 4 atom stereocenters. The summed E-state index contributed by atoms with van der Waals surface area (Å²) in [6.45, 7) is 1.64. The van der Waals surface area contributed by atoms with Gasteiger partial charge in [0.2, 0.25) is 11.8 Å². The van der Waals surface area contributed by atoms with Gasteiger partial charge in [-0.2, -0.15) is 0 Å². The molecule has 47 heavy (non-hydrogen) atoms. The van der Waals surface area contributed by atoms with E-state index in [1.54, 1.807) is 57.5 Å². The van der Waals surface area contributed by atoms with E-state index in [4.69, 9.17) is 9.47 Å². The summed E-state index contributed by atoms with van der Waals surface area (Å²) < 4.78 is 10.8. The number of ether oxygens (including phenoxy) is 2. The van der Waals surface area contributed by atoms with Crippen molar-refractivity contribution in [1.82, 2.24) is 0 Å². The van der Waals surface area contributed by atoms with Crippen LogP contribution in [0.5, 0.6) is 17.2 Å². The number of methoxy groups -OCH3 is 2. The van der Waals surface area contributed by atoms with Crippen molar-refractivity contribution in [3.05, 3.63) is 118 Å². The Morgan fingerprint density at radius 2 is 1.60 bits per heavy atom. The Kier molecular flexibility index (Phi) is 7.51. The van der Waals surface area contributed by atoms with Crippen LogP contribution in [0.1, 0.15) is 42.4 Å². The van der Waals surface area contributed by atoms with E-state index in [1.165, 1.54) is 11.0 Å². The van der Waals surface area contributed by atoms with Crippen LogP contribution < -0.4 is 14.4 Å². The van der Waals surface area contributed by atoms with Gasteiger partial charge in [-0.1, -0.05) is 48.1 Å². The van der Waals surface area contributed by atoms with Crippen molar-refractivity contribution in [2.24, 2.45) is 17.8 Å². The fraction of sp³-hybridized carbons (Fsp3) is 0.231. The number of amides is 2. The predicted molar refractivity (Wildman–Crippen MR) is 177 cm³/mol. The maximum Gasteiger partial charge on any atom is 0.238 e. The van der Waals surface area contributed by atoms with E-state index >= 15 is 0 Å². The number of Topliss-reactive ketones (excluding diaryl/α,β-unsaturated/α-hetero) is 1. The molecule has 0 radical (unpaired) electrons. The quantitative estimate of drug-likeness (QED) is 0.150. The van der Waals surface area contributed by atoms with E-state index in [0.29, 0.717) is 40.3 Å². The number of allylic oxidation sites excluding steroid dienone is 6. The van der Waals surface area contributed by atoms with Crippen LogP contribution in [0, 0.1) is 17.8 Å². The third-order valence-electron chi connectivity index (χ3n) is 9.83. The van der Waals surface area contributed by atoms with Crippen molar-refractivity contribution >= 4 is 41.2 Å². The Labute approximate surface area is 272 Å². The summed E-state index contributed by atoms with van der Waals surface area (Å²) in [5.41, 5.74) is 5.05. The van der Waals surface area contributed by atoms with E-state index in [-0.39, 0.29) is 35.6 Å². The molecule has 8 nitrogen and oxygen atoms in total. The lowest BCUT2D eigenvalue weighted by Gasteiger charge is -2.42. The lowest BCUT2D eigenvalue weighted by molar-refractivity contribution is -0.123. The minimum atomic E-state index is -0.661. The van der Waals surface area contributed by atoms with Gasteiger partial charge in [0.05, 0.1) is 31.7 Å². The molecular formula is C39H33NO7. The molecule has 0 aromatic heterocycles. The summed E-state index contributed by atoms with van der Waals surface area (Å²) in [7, 11) is 3.21. The number of aromatic hydroxyl groups is 1. The molecule has 3 aromatic rings. The van der Waals surface area contributed by atoms with Crippen LogP contribution in [-0.2, 0) is 19.2 Å². The first-order valence-electron chi connectivity index (χ1n) is 15.6. The number of hydrogen-bond acceptors (Lipinski definition) is 7. The number of ketones is 2. The second kappa shape index (κ2) is 11.7. The third kappa shape index (κ3) is 5.01. The molecule has 236 valence electrons. The summed E-state index contributed by atoms with van der Waals surface area (Å²) in [6.07, 6.45) is 7.77. The number of nitrogens with zero attached hydrogens (tertiary/aromatic N) is 1. The van der Waals surface area contributed by atoms with Gasteiger partial charge in [0, 0.05) is 28.2 Å². The number of benzene rings is 3. The normalized spacial score (nSPS) is 23.8. The lowest BCUT2D eigenvalue weighted by atomic mass is 9.59. The standard InChI is InChI=1S/C39H33NO7/c1-21-18-32(42)31-20-30-28(34(36(31)37(21)43)23-8-12-26(41)13-9-23)15-16-29-35(30)39(45)40(38(29)44)25-10-5-22(6-11-25)4-7-24-19-27(46-2)14-17-33(24)47-3/h4-15,17-19,29-30,34-35,41H,16,20H2,1-3H3. The lowest BCUT2D eigenvalue weighted by Crippen LogP contribution is -2.39. The van der Waals surface area contributed by atoms with Crippen molar-refractivity contribution in [3.8, 4) is 17.2 Å². The van der Waals surface area contributed by atoms with Gasteiger partial charge in [0.15, 0.2) is 11.6 Å². The molecule has 1 saturated heterocycles. The van der Waals surface area contributed by atoms with Crippen LogP contribution in [0.15, 0.2) is 101 Å². The number of imide groups is 1. The highest BCUT2D eigenvalue weighted by Crippen LogP contribution is 2.55.